The summed E-state index contributed by atoms with van der Waals surface area (Å²) in [4.78, 5) is 14.4. The molecule has 0 aliphatic carbocycles. The van der Waals surface area contributed by atoms with Crippen LogP contribution in [-0.4, -0.2) is 33.7 Å². The Labute approximate surface area is 154 Å². The molecule has 0 saturated carbocycles. The van der Waals surface area contributed by atoms with E-state index in [-0.39, 0.29) is 5.91 Å². The first kappa shape index (κ1) is 18.0. The largest absolute Gasteiger partial charge is 0.481 e. The lowest BCUT2D eigenvalue weighted by atomic mass is 10.1. The van der Waals surface area contributed by atoms with Gasteiger partial charge in [0.25, 0.3) is 5.91 Å². The number of amides is 1. The van der Waals surface area contributed by atoms with Gasteiger partial charge < -0.3 is 9.64 Å². The molecule has 0 radical (unpaired) electrons. The molecule has 0 saturated heterocycles. The summed E-state index contributed by atoms with van der Waals surface area (Å²) in [6.45, 7) is 7.14. The molecule has 0 aliphatic rings. The van der Waals surface area contributed by atoms with Gasteiger partial charge in [-0.3, -0.25) is 9.48 Å². The van der Waals surface area contributed by atoms with E-state index in [1.54, 1.807) is 18.9 Å². The van der Waals surface area contributed by atoms with Gasteiger partial charge >= 0.3 is 0 Å². The van der Waals surface area contributed by atoms with E-state index in [0.717, 1.165) is 28.6 Å². The maximum absolute atomic E-state index is 12.7. The topological polar surface area (TPSA) is 47.4 Å². The number of aryl methyl sites for hydroxylation is 2. The number of fused-ring (bicyclic) bond motifs is 1. The Morgan fingerprint density at radius 1 is 1.23 bits per heavy atom. The van der Waals surface area contributed by atoms with Crippen LogP contribution in [-0.2, 0) is 17.9 Å². The normalized spacial score (nSPS) is 12.2. The minimum Gasteiger partial charge on any atom is -0.481 e. The van der Waals surface area contributed by atoms with Crippen LogP contribution >= 0.6 is 0 Å². The monoisotopic (exact) mass is 351 g/mol. The van der Waals surface area contributed by atoms with Crippen LogP contribution in [0.25, 0.3) is 10.8 Å². The van der Waals surface area contributed by atoms with E-state index >= 15 is 0 Å². The van der Waals surface area contributed by atoms with E-state index in [9.17, 15) is 4.79 Å². The van der Waals surface area contributed by atoms with Crippen molar-refractivity contribution in [3.8, 4) is 5.75 Å². The van der Waals surface area contributed by atoms with Crippen molar-refractivity contribution in [2.75, 3.05) is 7.05 Å². The highest BCUT2D eigenvalue weighted by molar-refractivity contribution is 5.84. The first-order valence-electron chi connectivity index (χ1n) is 8.91. The summed E-state index contributed by atoms with van der Waals surface area (Å²) in [5, 5.41) is 6.68. The molecule has 1 heterocycles. The van der Waals surface area contributed by atoms with Crippen molar-refractivity contribution in [2.24, 2.45) is 0 Å². The average molecular weight is 351 g/mol. The number of rotatable bonds is 6. The number of carbonyl (C=O) groups excluding carboxylic acids is 1. The molecule has 5 heteroatoms. The molecule has 2 aromatic carbocycles. The number of hydrogen-bond donors (Lipinski definition) is 0. The third-order valence-electron chi connectivity index (χ3n) is 4.54. The smallest absolute Gasteiger partial charge is 0.263 e. The average Bonchev–Trinajstić information content (AvgIpc) is 3.00. The molecule has 136 valence electrons. The van der Waals surface area contributed by atoms with E-state index < -0.39 is 6.10 Å². The first-order valence-corrected chi connectivity index (χ1v) is 8.91. The summed E-state index contributed by atoms with van der Waals surface area (Å²) in [5.41, 5.74) is 2.01. The SMILES string of the molecule is CCn1cc(CN(C)C(=O)[C@H](C)Oc2ccc3ccccc3c2)c(C)n1. The molecule has 0 N–H and O–H groups in total. The number of hydrogen-bond acceptors (Lipinski definition) is 3. The van der Waals surface area contributed by atoms with Crippen molar-refractivity contribution in [3.63, 3.8) is 0 Å². The van der Waals surface area contributed by atoms with Gasteiger partial charge in [0.05, 0.1) is 5.69 Å². The Balaban J connectivity index is 1.66. The first-order chi connectivity index (χ1) is 12.5. The van der Waals surface area contributed by atoms with Gasteiger partial charge in [-0.05, 0) is 43.7 Å². The third-order valence-corrected chi connectivity index (χ3v) is 4.54. The van der Waals surface area contributed by atoms with Gasteiger partial charge in [-0.1, -0.05) is 30.3 Å². The van der Waals surface area contributed by atoms with E-state index in [1.807, 2.05) is 61.1 Å². The van der Waals surface area contributed by atoms with E-state index in [2.05, 4.69) is 11.2 Å². The Morgan fingerprint density at radius 2 is 1.96 bits per heavy atom. The van der Waals surface area contributed by atoms with Gasteiger partial charge in [0.1, 0.15) is 5.75 Å². The highest BCUT2D eigenvalue weighted by Crippen LogP contribution is 2.22. The fraction of sp³-hybridized carbons (Fsp3) is 0.333. The van der Waals surface area contributed by atoms with Gasteiger partial charge in [0.15, 0.2) is 6.10 Å². The van der Waals surface area contributed by atoms with Crippen molar-refractivity contribution in [2.45, 2.75) is 40.0 Å². The third kappa shape index (κ3) is 3.87. The Morgan fingerprint density at radius 3 is 2.65 bits per heavy atom. The molecule has 1 amide bonds. The standard InChI is InChI=1S/C21H25N3O2/c1-5-24-14-19(15(2)22-24)13-23(4)21(25)16(3)26-20-11-10-17-8-6-7-9-18(17)12-20/h6-12,14,16H,5,13H2,1-4H3/t16-/m0/s1. The lowest BCUT2D eigenvalue weighted by Gasteiger charge is -2.22. The fourth-order valence-electron chi connectivity index (χ4n) is 3.02. The van der Waals surface area contributed by atoms with Crippen molar-refractivity contribution in [1.29, 1.82) is 0 Å². The second-order valence-corrected chi connectivity index (χ2v) is 6.56. The summed E-state index contributed by atoms with van der Waals surface area (Å²) in [5.74, 6) is 0.648. The molecule has 1 atom stereocenters. The van der Waals surface area contributed by atoms with Crippen LogP contribution in [0.15, 0.2) is 48.7 Å². The number of benzene rings is 2. The van der Waals surface area contributed by atoms with Crippen LogP contribution in [0.1, 0.15) is 25.1 Å². The summed E-state index contributed by atoms with van der Waals surface area (Å²) in [7, 11) is 1.80. The van der Waals surface area contributed by atoms with Crippen LogP contribution in [0.2, 0.25) is 0 Å². The molecule has 0 fully saturated rings. The van der Waals surface area contributed by atoms with Gasteiger partial charge in [0, 0.05) is 31.9 Å². The Kier molecular flexibility index (Phi) is 5.26. The molecular formula is C21H25N3O2. The van der Waals surface area contributed by atoms with E-state index in [0.29, 0.717) is 12.3 Å². The van der Waals surface area contributed by atoms with Crippen molar-refractivity contribution in [1.82, 2.24) is 14.7 Å². The number of carbonyl (C=O) groups is 1. The van der Waals surface area contributed by atoms with Crippen molar-refractivity contribution in [3.05, 3.63) is 59.9 Å². The minimum atomic E-state index is -0.553. The number of ether oxygens (including phenoxy) is 1. The lowest BCUT2D eigenvalue weighted by Crippen LogP contribution is -2.37. The maximum Gasteiger partial charge on any atom is 0.263 e. The molecule has 3 rings (SSSR count). The summed E-state index contributed by atoms with van der Waals surface area (Å²) >= 11 is 0. The zero-order chi connectivity index (χ0) is 18.7. The van der Waals surface area contributed by atoms with Gasteiger partial charge in [-0.15, -0.1) is 0 Å². The number of aromatic nitrogens is 2. The van der Waals surface area contributed by atoms with Gasteiger partial charge in [-0.2, -0.15) is 5.10 Å². The van der Waals surface area contributed by atoms with Gasteiger partial charge in [0.2, 0.25) is 0 Å². The highest BCUT2D eigenvalue weighted by atomic mass is 16.5. The molecular weight excluding hydrogens is 326 g/mol. The minimum absolute atomic E-state index is 0.0539. The Hall–Kier alpha value is -2.82. The summed E-state index contributed by atoms with van der Waals surface area (Å²) in [6, 6.07) is 14.0. The second-order valence-electron chi connectivity index (χ2n) is 6.56. The molecule has 1 aromatic heterocycles. The summed E-state index contributed by atoms with van der Waals surface area (Å²) < 4.78 is 7.77. The van der Waals surface area contributed by atoms with Crippen molar-refractivity contribution < 1.29 is 9.53 Å². The molecule has 0 bridgehead atoms. The second kappa shape index (κ2) is 7.60. The van der Waals surface area contributed by atoms with Crippen molar-refractivity contribution >= 4 is 16.7 Å². The van der Waals surface area contributed by atoms with Gasteiger partial charge in [-0.25, -0.2) is 0 Å². The Bertz CT molecular complexity index is 917. The number of likely N-dealkylation sites (N-methyl/N-ethyl adjacent to an activating group) is 1. The van der Waals surface area contributed by atoms with Crippen LogP contribution < -0.4 is 4.74 Å². The van der Waals surface area contributed by atoms with E-state index in [4.69, 9.17) is 4.74 Å². The van der Waals surface area contributed by atoms with Crippen LogP contribution in [0.3, 0.4) is 0 Å². The molecule has 3 aromatic rings. The predicted octanol–water partition coefficient (Wildman–Crippen LogP) is 3.79. The molecule has 5 nitrogen and oxygen atoms in total. The molecule has 26 heavy (non-hydrogen) atoms. The van der Waals surface area contributed by atoms with E-state index in [1.165, 1.54) is 0 Å². The number of nitrogens with zero attached hydrogens (tertiary/aromatic N) is 3. The van der Waals surface area contributed by atoms with Crippen LogP contribution in [0, 0.1) is 6.92 Å². The highest BCUT2D eigenvalue weighted by Gasteiger charge is 2.20. The van der Waals surface area contributed by atoms with Crippen LogP contribution in [0.5, 0.6) is 5.75 Å². The zero-order valence-corrected chi connectivity index (χ0v) is 15.8. The molecule has 0 aliphatic heterocycles. The molecule has 0 unspecified atom stereocenters. The fourth-order valence-corrected chi connectivity index (χ4v) is 3.02. The maximum atomic E-state index is 12.7. The molecule has 0 spiro atoms. The van der Waals surface area contributed by atoms with Crippen LogP contribution in [0.4, 0.5) is 0 Å². The zero-order valence-electron chi connectivity index (χ0n) is 15.8. The quantitative estimate of drug-likeness (QED) is 0.679. The lowest BCUT2D eigenvalue weighted by molar-refractivity contribution is -0.137. The predicted molar refractivity (Wildman–Crippen MR) is 103 cm³/mol. The summed E-state index contributed by atoms with van der Waals surface area (Å²) in [6.07, 6.45) is 1.44.